The fraction of sp³-hybridized carbons (Fsp3) is 0.533. The number of aliphatic hydroxyl groups excluding tert-OH is 1. The Morgan fingerprint density at radius 1 is 0.865 bits per heavy atom. The summed E-state index contributed by atoms with van der Waals surface area (Å²) >= 11 is 0. The molecule has 2 aromatic carbocycles. The Kier molecular flexibility index (Phi) is 13.2. The van der Waals surface area contributed by atoms with Crippen LogP contribution in [0.5, 0.6) is 0 Å². The lowest BCUT2D eigenvalue weighted by Gasteiger charge is -2.39. The van der Waals surface area contributed by atoms with Gasteiger partial charge in [-0.25, -0.2) is 0 Å². The van der Waals surface area contributed by atoms with Crippen molar-refractivity contribution < 1.29 is 28.5 Å². The Morgan fingerprint density at radius 2 is 1.41 bits per heavy atom. The Hall–Kier alpha value is -1.84. The second-order valence-electron chi connectivity index (χ2n) is 10.7. The van der Waals surface area contributed by atoms with Crippen molar-refractivity contribution in [2.24, 2.45) is 0 Å². The van der Waals surface area contributed by atoms with E-state index in [0.29, 0.717) is 19.8 Å². The summed E-state index contributed by atoms with van der Waals surface area (Å²) in [5, 5.41) is 11.6. The third kappa shape index (κ3) is 10.4. The average molecular weight is 531 g/mol. The molecule has 2 aromatic rings. The van der Waals surface area contributed by atoms with Gasteiger partial charge in [-0.05, 0) is 36.2 Å². The lowest BCUT2D eigenvalue weighted by atomic mass is 10.0. The average Bonchev–Trinajstić information content (AvgIpc) is 2.88. The van der Waals surface area contributed by atoms with Crippen LogP contribution in [-0.2, 0) is 36.6 Å². The second kappa shape index (κ2) is 15.5. The first-order chi connectivity index (χ1) is 17.6. The van der Waals surface area contributed by atoms with Gasteiger partial charge < -0.3 is 28.5 Å². The number of ether oxygens (including phenoxy) is 4. The van der Waals surface area contributed by atoms with Gasteiger partial charge in [0.05, 0.1) is 19.8 Å². The van der Waals surface area contributed by atoms with Gasteiger partial charge in [-0.1, -0.05) is 93.6 Å². The molecule has 0 aliphatic rings. The molecule has 0 saturated heterocycles. The maximum Gasteiger partial charge on any atom is 0.192 e. The van der Waals surface area contributed by atoms with Gasteiger partial charge in [0.15, 0.2) is 8.32 Å². The number of allylic oxidation sites excluding steroid dienone is 1. The van der Waals surface area contributed by atoms with Gasteiger partial charge in [0, 0.05) is 7.11 Å². The van der Waals surface area contributed by atoms with Gasteiger partial charge in [-0.2, -0.15) is 0 Å². The van der Waals surface area contributed by atoms with Crippen molar-refractivity contribution in [3.05, 3.63) is 83.9 Å². The first-order valence-electron chi connectivity index (χ1n) is 13.0. The van der Waals surface area contributed by atoms with Crippen LogP contribution in [-0.4, -0.2) is 58.3 Å². The molecule has 0 radical (unpaired) electrons. The smallest absolute Gasteiger partial charge is 0.192 e. The number of benzene rings is 2. The Balaban J connectivity index is 2.36. The third-order valence-corrected chi connectivity index (χ3v) is 11.3. The van der Waals surface area contributed by atoms with Gasteiger partial charge in [-0.3, -0.25) is 0 Å². The molecule has 0 saturated carbocycles. The summed E-state index contributed by atoms with van der Waals surface area (Å²) < 4.78 is 30.4. The summed E-state index contributed by atoms with van der Waals surface area (Å²) in [5.74, 6) is 0. The van der Waals surface area contributed by atoms with Crippen LogP contribution in [0.15, 0.2) is 72.8 Å². The predicted octanol–water partition coefficient (Wildman–Crippen LogP) is 6.11. The van der Waals surface area contributed by atoms with Crippen molar-refractivity contribution in [1.82, 2.24) is 0 Å². The van der Waals surface area contributed by atoms with Gasteiger partial charge in [0.2, 0.25) is 0 Å². The molecule has 37 heavy (non-hydrogen) atoms. The number of rotatable bonds is 16. The van der Waals surface area contributed by atoms with Gasteiger partial charge >= 0.3 is 0 Å². The number of hydrogen-bond donors (Lipinski definition) is 1. The largest absolute Gasteiger partial charge is 0.414 e. The molecule has 4 atom stereocenters. The zero-order chi connectivity index (χ0) is 27.3. The minimum absolute atomic E-state index is 0.0328. The van der Waals surface area contributed by atoms with E-state index in [1.54, 1.807) is 7.11 Å². The topological polar surface area (TPSA) is 66.4 Å². The summed E-state index contributed by atoms with van der Waals surface area (Å²) in [7, 11) is -0.532. The lowest BCUT2D eigenvalue weighted by molar-refractivity contribution is -0.178. The molecule has 0 bridgehead atoms. The van der Waals surface area contributed by atoms with Crippen LogP contribution in [0.25, 0.3) is 0 Å². The summed E-state index contributed by atoms with van der Waals surface area (Å²) in [4.78, 5) is 0. The number of hydrogen-bond acceptors (Lipinski definition) is 6. The number of aliphatic hydroxyl groups is 1. The van der Waals surface area contributed by atoms with E-state index in [2.05, 4.69) is 33.9 Å². The number of methoxy groups -OCH3 is 1. The molecule has 0 aliphatic carbocycles. The molecule has 0 aromatic heterocycles. The molecule has 2 rings (SSSR count). The van der Waals surface area contributed by atoms with Crippen LogP contribution < -0.4 is 0 Å². The summed E-state index contributed by atoms with van der Waals surface area (Å²) in [6, 6.07) is 19.9. The van der Waals surface area contributed by atoms with Crippen molar-refractivity contribution in [3.63, 3.8) is 0 Å². The SMILES string of the molecule is C/C=C/[C@@H](OCOC)[C@H](O)[C@H](OCc1ccccc1)[C@@H](CO[Si](C)(C)C(C)(C)C)OCc1ccccc1. The molecule has 0 spiro atoms. The third-order valence-electron chi connectivity index (χ3n) is 6.81. The molecular weight excluding hydrogens is 484 g/mol. The van der Waals surface area contributed by atoms with Crippen LogP contribution in [0.4, 0.5) is 0 Å². The van der Waals surface area contributed by atoms with E-state index in [4.69, 9.17) is 23.4 Å². The van der Waals surface area contributed by atoms with Crippen molar-refractivity contribution in [2.75, 3.05) is 20.5 Å². The van der Waals surface area contributed by atoms with Crippen molar-refractivity contribution in [3.8, 4) is 0 Å². The molecule has 0 heterocycles. The predicted molar refractivity (Wildman–Crippen MR) is 151 cm³/mol. The van der Waals surface area contributed by atoms with Crippen LogP contribution in [0.3, 0.4) is 0 Å². The van der Waals surface area contributed by atoms with Gasteiger partial charge in [0.1, 0.15) is 31.2 Å². The maximum absolute atomic E-state index is 11.6. The van der Waals surface area contributed by atoms with Crippen molar-refractivity contribution in [1.29, 1.82) is 0 Å². The van der Waals surface area contributed by atoms with Crippen molar-refractivity contribution in [2.45, 2.75) is 83.5 Å². The standard InChI is InChI=1S/C30H46O6Si/c1-8-15-26(35-23-32-5)28(31)29(34-21-25-18-13-10-14-19-25)27(22-36-37(6,7)30(2,3)4)33-20-24-16-11-9-12-17-24/h8-19,26-29,31H,20-23H2,1-7H3/b15-8+/t26-,27-,28+,29-/m1/s1. The minimum atomic E-state index is -2.09. The minimum Gasteiger partial charge on any atom is -0.414 e. The van der Waals surface area contributed by atoms with Crippen LogP contribution in [0.1, 0.15) is 38.8 Å². The summed E-state index contributed by atoms with van der Waals surface area (Å²) in [6.07, 6.45) is 0.758. The molecule has 0 amide bonds. The Bertz CT molecular complexity index is 897. The van der Waals surface area contributed by atoms with Gasteiger partial charge in [0.25, 0.3) is 0 Å². The highest BCUT2D eigenvalue weighted by atomic mass is 28.4. The van der Waals surface area contributed by atoms with E-state index in [0.717, 1.165) is 11.1 Å². The zero-order valence-electron chi connectivity index (χ0n) is 23.6. The fourth-order valence-corrected chi connectivity index (χ4v) is 4.52. The van der Waals surface area contributed by atoms with E-state index in [-0.39, 0.29) is 11.8 Å². The molecule has 7 heteroatoms. The summed E-state index contributed by atoms with van der Waals surface area (Å²) in [5.41, 5.74) is 2.05. The highest BCUT2D eigenvalue weighted by Crippen LogP contribution is 2.37. The first-order valence-corrected chi connectivity index (χ1v) is 15.9. The van der Waals surface area contributed by atoms with Crippen LogP contribution in [0.2, 0.25) is 18.1 Å². The maximum atomic E-state index is 11.6. The molecule has 0 aliphatic heterocycles. The summed E-state index contributed by atoms with van der Waals surface area (Å²) in [6.45, 7) is 14.0. The van der Waals surface area contributed by atoms with Crippen molar-refractivity contribution >= 4 is 8.32 Å². The van der Waals surface area contributed by atoms with E-state index in [9.17, 15) is 5.11 Å². The zero-order valence-corrected chi connectivity index (χ0v) is 24.6. The highest BCUT2D eigenvalue weighted by Gasteiger charge is 2.41. The highest BCUT2D eigenvalue weighted by molar-refractivity contribution is 6.74. The van der Waals surface area contributed by atoms with Crippen LogP contribution >= 0.6 is 0 Å². The Labute approximate surface area is 224 Å². The monoisotopic (exact) mass is 530 g/mol. The normalized spacial score (nSPS) is 16.0. The molecule has 0 fully saturated rings. The quantitative estimate of drug-likeness (QED) is 0.161. The lowest BCUT2D eigenvalue weighted by Crippen LogP contribution is -2.51. The van der Waals surface area contributed by atoms with E-state index in [1.165, 1.54) is 0 Å². The molecule has 206 valence electrons. The van der Waals surface area contributed by atoms with E-state index < -0.39 is 32.7 Å². The Morgan fingerprint density at radius 3 is 1.89 bits per heavy atom. The molecule has 0 unspecified atom stereocenters. The van der Waals surface area contributed by atoms with Gasteiger partial charge in [-0.15, -0.1) is 0 Å². The molecule has 6 nitrogen and oxygen atoms in total. The van der Waals surface area contributed by atoms with Crippen LogP contribution in [0, 0.1) is 0 Å². The van der Waals surface area contributed by atoms with E-state index in [1.807, 2.05) is 79.7 Å². The second-order valence-corrected chi connectivity index (χ2v) is 15.5. The molecule has 1 N–H and O–H groups in total. The fourth-order valence-electron chi connectivity index (χ4n) is 3.51. The van der Waals surface area contributed by atoms with E-state index >= 15 is 0 Å². The first kappa shape index (κ1) is 31.4. The molecular formula is C30H46O6Si.